The van der Waals surface area contributed by atoms with Crippen LogP contribution in [0.1, 0.15) is 29.8 Å². The van der Waals surface area contributed by atoms with E-state index in [1.54, 1.807) is 12.4 Å². The number of nitrogen functional groups attached to an aromatic ring is 1. The normalized spacial score (nSPS) is 16.4. The Morgan fingerprint density at radius 3 is 2.71 bits per heavy atom. The number of pyridine rings is 2. The Bertz CT molecular complexity index is 1150. The number of hydrogen-bond acceptors (Lipinski definition) is 6. The van der Waals surface area contributed by atoms with Crippen LogP contribution in [0.5, 0.6) is 0 Å². The van der Waals surface area contributed by atoms with E-state index in [1.807, 2.05) is 24.4 Å². The molecule has 3 aromatic heterocycles. The molecule has 6 nitrogen and oxygen atoms in total. The van der Waals surface area contributed by atoms with E-state index in [0.29, 0.717) is 5.95 Å². The lowest BCUT2D eigenvalue weighted by Crippen LogP contribution is -2.20. The highest BCUT2D eigenvalue weighted by Crippen LogP contribution is 2.38. The van der Waals surface area contributed by atoms with Gasteiger partial charge in [0, 0.05) is 48.2 Å². The molecule has 2 N–H and O–H groups in total. The zero-order valence-electron chi connectivity index (χ0n) is 15.6. The fraction of sp³-hybridized carbons (Fsp3) is 0.182. The second kappa shape index (κ2) is 6.65. The van der Waals surface area contributed by atoms with Gasteiger partial charge in [-0.1, -0.05) is 18.2 Å². The third kappa shape index (κ3) is 2.78. The van der Waals surface area contributed by atoms with E-state index < -0.39 is 0 Å². The third-order valence-corrected chi connectivity index (χ3v) is 5.43. The van der Waals surface area contributed by atoms with E-state index >= 15 is 0 Å². The monoisotopic (exact) mass is 368 g/mol. The number of rotatable bonds is 3. The molecule has 0 aliphatic carbocycles. The maximum Gasteiger partial charge on any atom is 0.220 e. The molecule has 4 heterocycles. The van der Waals surface area contributed by atoms with Crippen molar-refractivity contribution in [3.63, 3.8) is 0 Å². The summed E-state index contributed by atoms with van der Waals surface area (Å²) in [5.41, 5.74) is 12.4. The van der Waals surface area contributed by atoms with Crippen LogP contribution >= 0.6 is 0 Å². The van der Waals surface area contributed by atoms with E-state index in [2.05, 4.69) is 56.0 Å². The summed E-state index contributed by atoms with van der Waals surface area (Å²) < 4.78 is 0. The largest absolute Gasteiger partial charge is 0.368 e. The highest BCUT2D eigenvalue weighted by molar-refractivity contribution is 5.81. The Balaban J connectivity index is 1.53. The van der Waals surface area contributed by atoms with Gasteiger partial charge in [-0.25, -0.2) is 9.97 Å². The number of benzene rings is 1. The molecule has 138 valence electrons. The van der Waals surface area contributed by atoms with Crippen LogP contribution in [0.3, 0.4) is 0 Å². The van der Waals surface area contributed by atoms with Gasteiger partial charge in [-0.2, -0.15) is 0 Å². The molecule has 0 amide bonds. The smallest absolute Gasteiger partial charge is 0.220 e. The van der Waals surface area contributed by atoms with Crippen molar-refractivity contribution in [2.75, 3.05) is 5.73 Å². The summed E-state index contributed by atoms with van der Waals surface area (Å²) in [5, 5.41) is 1.19. The summed E-state index contributed by atoms with van der Waals surface area (Å²) in [7, 11) is 0. The van der Waals surface area contributed by atoms with Gasteiger partial charge in [0.05, 0.1) is 22.9 Å². The molecule has 5 rings (SSSR count). The first-order valence-electron chi connectivity index (χ1n) is 9.34. The molecule has 1 aliphatic rings. The summed E-state index contributed by atoms with van der Waals surface area (Å²) in [6.45, 7) is 3.78. The van der Waals surface area contributed by atoms with Crippen molar-refractivity contribution >= 4 is 16.9 Å². The van der Waals surface area contributed by atoms with E-state index in [9.17, 15) is 0 Å². The predicted molar refractivity (Wildman–Crippen MR) is 109 cm³/mol. The highest BCUT2D eigenvalue weighted by atomic mass is 15.2. The van der Waals surface area contributed by atoms with Crippen molar-refractivity contribution < 1.29 is 0 Å². The van der Waals surface area contributed by atoms with Gasteiger partial charge in [0.1, 0.15) is 0 Å². The van der Waals surface area contributed by atoms with Crippen molar-refractivity contribution in [2.24, 2.45) is 0 Å². The second-order valence-electron chi connectivity index (χ2n) is 7.10. The Labute approximate surface area is 163 Å². The number of para-hydroxylation sites is 1. The van der Waals surface area contributed by atoms with Gasteiger partial charge in [0.25, 0.3) is 0 Å². The molecule has 0 unspecified atom stereocenters. The van der Waals surface area contributed by atoms with Crippen LogP contribution in [0.25, 0.3) is 22.2 Å². The van der Waals surface area contributed by atoms with Crippen LogP contribution in [0.2, 0.25) is 0 Å². The Kier molecular flexibility index (Phi) is 3.98. The van der Waals surface area contributed by atoms with Crippen LogP contribution in [0.15, 0.2) is 61.1 Å². The Morgan fingerprint density at radius 2 is 1.86 bits per heavy atom. The molecule has 1 aliphatic heterocycles. The first-order valence-corrected chi connectivity index (χ1v) is 9.34. The Morgan fingerprint density at radius 1 is 1.04 bits per heavy atom. The first-order chi connectivity index (χ1) is 13.7. The van der Waals surface area contributed by atoms with Crippen LogP contribution in [0, 0.1) is 0 Å². The molecule has 0 spiro atoms. The van der Waals surface area contributed by atoms with Crippen molar-refractivity contribution in [1.82, 2.24) is 24.8 Å². The van der Waals surface area contributed by atoms with Gasteiger partial charge in [-0.3, -0.25) is 14.9 Å². The molecular weight excluding hydrogens is 348 g/mol. The molecular formula is C22H20N6. The lowest BCUT2D eigenvalue weighted by Gasteiger charge is -2.21. The third-order valence-electron chi connectivity index (χ3n) is 5.43. The zero-order valence-corrected chi connectivity index (χ0v) is 15.6. The number of nitrogens with zero attached hydrogens (tertiary/aromatic N) is 5. The summed E-state index contributed by atoms with van der Waals surface area (Å²) in [4.78, 5) is 20.1. The topological polar surface area (TPSA) is 80.8 Å². The lowest BCUT2D eigenvalue weighted by atomic mass is 10.1. The number of aromatic nitrogens is 4. The number of nitrogens with two attached hydrogens (primary N) is 1. The molecule has 0 radical (unpaired) electrons. The van der Waals surface area contributed by atoms with E-state index in [-0.39, 0.29) is 6.04 Å². The molecule has 6 heteroatoms. The van der Waals surface area contributed by atoms with Crippen LogP contribution < -0.4 is 5.73 Å². The first kappa shape index (κ1) is 16.8. The van der Waals surface area contributed by atoms with Crippen LogP contribution in [0.4, 0.5) is 5.95 Å². The van der Waals surface area contributed by atoms with Crippen LogP contribution in [-0.2, 0) is 13.1 Å². The maximum atomic E-state index is 6.04. The van der Waals surface area contributed by atoms with E-state index in [0.717, 1.165) is 41.1 Å². The van der Waals surface area contributed by atoms with E-state index in [1.165, 1.54) is 10.9 Å². The predicted octanol–water partition coefficient (Wildman–Crippen LogP) is 3.75. The lowest BCUT2D eigenvalue weighted by molar-refractivity contribution is 0.219. The molecule has 0 bridgehead atoms. The summed E-state index contributed by atoms with van der Waals surface area (Å²) in [6, 6.07) is 14.4. The van der Waals surface area contributed by atoms with Gasteiger partial charge < -0.3 is 5.73 Å². The minimum Gasteiger partial charge on any atom is -0.368 e. The van der Waals surface area contributed by atoms with Gasteiger partial charge in [0.2, 0.25) is 5.95 Å². The SMILES string of the molecule is C[C@H]1c2nc(N)nc(-c3ccncc3)c2CN1Cc1ccnc2ccccc12. The molecule has 0 saturated carbocycles. The summed E-state index contributed by atoms with van der Waals surface area (Å²) in [5.74, 6) is 0.314. The van der Waals surface area contributed by atoms with Gasteiger partial charge in [-0.15, -0.1) is 0 Å². The van der Waals surface area contributed by atoms with Crippen molar-refractivity contribution in [2.45, 2.75) is 26.1 Å². The van der Waals surface area contributed by atoms with E-state index in [4.69, 9.17) is 5.73 Å². The number of hydrogen-bond donors (Lipinski definition) is 1. The number of anilines is 1. The molecule has 1 atom stereocenters. The minimum atomic E-state index is 0.160. The summed E-state index contributed by atoms with van der Waals surface area (Å²) >= 11 is 0. The molecule has 28 heavy (non-hydrogen) atoms. The summed E-state index contributed by atoms with van der Waals surface area (Å²) in [6.07, 6.45) is 5.43. The van der Waals surface area contributed by atoms with Crippen molar-refractivity contribution in [3.05, 3.63) is 77.9 Å². The van der Waals surface area contributed by atoms with Crippen LogP contribution in [-0.4, -0.2) is 24.8 Å². The minimum absolute atomic E-state index is 0.160. The average molecular weight is 368 g/mol. The van der Waals surface area contributed by atoms with Gasteiger partial charge in [-0.05, 0) is 36.8 Å². The average Bonchev–Trinajstić information content (AvgIpc) is 3.04. The second-order valence-corrected chi connectivity index (χ2v) is 7.10. The highest BCUT2D eigenvalue weighted by Gasteiger charge is 2.32. The molecule has 0 saturated heterocycles. The Hall–Kier alpha value is -3.38. The van der Waals surface area contributed by atoms with Gasteiger partial charge >= 0.3 is 0 Å². The standard InChI is InChI=1S/C22H20N6/c1-14-20-18(21(27-22(23)26-20)15-6-9-24-10-7-15)13-28(14)12-16-8-11-25-19-5-3-2-4-17(16)19/h2-11,14H,12-13H2,1H3,(H2,23,26,27)/t14-/m0/s1. The molecule has 1 aromatic carbocycles. The molecule has 4 aromatic rings. The number of fused-ring (bicyclic) bond motifs is 2. The van der Waals surface area contributed by atoms with Crippen molar-refractivity contribution in [1.29, 1.82) is 0 Å². The quantitative estimate of drug-likeness (QED) is 0.593. The molecule has 0 fully saturated rings. The van der Waals surface area contributed by atoms with Crippen molar-refractivity contribution in [3.8, 4) is 11.3 Å². The fourth-order valence-corrected chi connectivity index (χ4v) is 3.99. The maximum absolute atomic E-state index is 6.04. The van der Waals surface area contributed by atoms with Gasteiger partial charge in [0.15, 0.2) is 0 Å². The fourth-order valence-electron chi connectivity index (χ4n) is 3.99. The zero-order chi connectivity index (χ0) is 19.1.